The zero-order valence-corrected chi connectivity index (χ0v) is 11.8. The number of amides is 1. The highest BCUT2D eigenvalue weighted by molar-refractivity contribution is 5.78. The van der Waals surface area contributed by atoms with Gasteiger partial charge in [0.25, 0.3) is 5.91 Å². The standard InChI is InChI=1S/C16H21NO3/c1-12-3-2-4-14(9-12)17-16(19)11-20-15-7-5-13(10-18)6-8-15/h5-8,10,12,14H,2-4,9,11H2,1H3,(H,17,19). The minimum Gasteiger partial charge on any atom is -0.484 e. The van der Waals surface area contributed by atoms with Crippen LogP contribution in [-0.4, -0.2) is 24.8 Å². The Kier molecular flexibility index (Phi) is 5.16. The molecule has 0 bridgehead atoms. The SMILES string of the molecule is CC1CCCC(NC(=O)COc2ccc(C=O)cc2)C1. The lowest BCUT2D eigenvalue weighted by Gasteiger charge is -2.27. The van der Waals surface area contributed by atoms with Crippen LogP contribution in [-0.2, 0) is 4.79 Å². The van der Waals surface area contributed by atoms with Gasteiger partial charge in [-0.15, -0.1) is 0 Å². The predicted octanol–water partition coefficient (Wildman–Crippen LogP) is 2.57. The summed E-state index contributed by atoms with van der Waals surface area (Å²) in [6, 6.07) is 7.01. The normalized spacial score (nSPS) is 22.1. The number of carbonyl (C=O) groups is 2. The van der Waals surface area contributed by atoms with E-state index in [0.29, 0.717) is 17.2 Å². The quantitative estimate of drug-likeness (QED) is 0.840. The largest absolute Gasteiger partial charge is 0.484 e. The average Bonchev–Trinajstić information content (AvgIpc) is 2.46. The second-order valence-electron chi connectivity index (χ2n) is 5.51. The molecular formula is C16H21NO3. The molecule has 2 rings (SSSR count). The Labute approximate surface area is 119 Å². The van der Waals surface area contributed by atoms with Gasteiger partial charge in [0.2, 0.25) is 0 Å². The smallest absolute Gasteiger partial charge is 0.258 e. The third-order valence-electron chi connectivity index (χ3n) is 3.69. The lowest BCUT2D eigenvalue weighted by Crippen LogP contribution is -2.40. The third kappa shape index (κ3) is 4.37. The summed E-state index contributed by atoms with van der Waals surface area (Å²) in [5.41, 5.74) is 0.595. The molecule has 1 N–H and O–H groups in total. The first-order valence-electron chi connectivity index (χ1n) is 7.15. The Morgan fingerprint density at radius 1 is 1.35 bits per heavy atom. The molecule has 1 amide bonds. The van der Waals surface area contributed by atoms with Crippen LogP contribution >= 0.6 is 0 Å². The number of nitrogens with one attached hydrogen (secondary N) is 1. The molecule has 2 atom stereocenters. The maximum absolute atomic E-state index is 11.8. The van der Waals surface area contributed by atoms with E-state index in [-0.39, 0.29) is 18.6 Å². The van der Waals surface area contributed by atoms with Gasteiger partial charge in [0.05, 0.1) is 0 Å². The van der Waals surface area contributed by atoms with Crippen LogP contribution in [0.5, 0.6) is 5.75 Å². The number of benzene rings is 1. The molecule has 108 valence electrons. The van der Waals surface area contributed by atoms with Crippen LogP contribution < -0.4 is 10.1 Å². The second-order valence-corrected chi connectivity index (χ2v) is 5.51. The van der Waals surface area contributed by atoms with Gasteiger partial charge >= 0.3 is 0 Å². The Morgan fingerprint density at radius 3 is 2.75 bits per heavy atom. The summed E-state index contributed by atoms with van der Waals surface area (Å²) in [5.74, 6) is 1.21. The zero-order valence-electron chi connectivity index (χ0n) is 11.8. The summed E-state index contributed by atoms with van der Waals surface area (Å²) < 4.78 is 5.41. The molecule has 4 nitrogen and oxygen atoms in total. The van der Waals surface area contributed by atoms with Crippen molar-refractivity contribution in [3.05, 3.63) is 29.8 Å². The van der Waals surface area contributed by atoms with Gasteiger partial charge in [0.1, 0.15) is 12.0 Å². The van der Waals surface area contributed by atoms with Crippen LogP contribution in [0.25, 0.3) is 0 Å². The molecule has 0 aromatic heterocycles. The summed E-state index contributed by atoms with van der Waals surface area (Å²) in [6.45, 7) is 2.24. The van der Waals surface area contributed by atoms with Crippen molar-refractivity contribution in [1.82, 2.24) is 5.32 Å². The van der Waals surface area contributed by atoms with Crippen molar-refractivity contribution in [3.63, 3.8) is 0 Å². The van der Waals surface area contributed by atoms with E-state index in [4.69, 9.17) is 4.74 Å². The maximum atomic E-state index is 11.8. The van der Waals surface area contributed by atoms with Crippen LogP contribution in [0, 0.1) is 5.92 Å². The summed E-state index contributed by atoms with van der Waals surface area (Å²) >= 11 is 0. The van der Waals surface area contributed by atoms with Crippen LogP contribution in [0.4, 0.5) is 0 Å². The number of aldehydes is 1. The van der Waals surface area contributed by atoms with Gasteiger partial charge in [-0.2, -0.15) is 0 Å². The van der Waals surface area contributed by atoms with Crippen LogP contribution in [0.15, 0.2) is 24.3 Å². The fourth-order valence-electron chi connectivity index (χ4n) is 2.63. The highest BCUT2D eigenvalue weighted by atomic mass is 16.5. The Bertz CT molecular complexity index is 455. The van der Waals surface area contributed by atoms with Crippen molar-refractivity contribution < 1.29 is 14.3 Å². The van der Waals surface area contributed by atoms with E-state index in [1.165, 1.54) is 12.8 Å². The van der Waals surface area contributed by atoms with Crippen molar-refractivity contribution in [2.75, 3.05) is 6.61 Å². The topological polar surface area (TPSA) is 55.4 Å². The molecular weight excluding hydrogens is 254 g/mol. The zero-order chi connectivity index (χ0) is 14.4. The molecule has 1 aliphatic rings. The number of ether oxygens (including phenoxy) is 1. The molecule has 2 unspecified atom stereocenters. The summed E-state index contributed by atoms with van der Waals surface area (Å²) in [7, 11) is 0. The van der Waals surface area contributed by atoms with Crippen molar-refractivity contribution in [2.24, 2.45) is 5.92 Å². The van der Waals surface area contributed by atoms with Gasteiger partial charge in [0, 0.05) is 11.6 Å². The molecule has 1 aliphatic carbocycles. The van der Waals surface area contributed by atoms with Crippen molar-refractivity contribution in [3.8, 4) is 5.75 Å². The number of rotatable bonds is 5. The van der Waals surface area contributed by atoms with E-state index in [1.807, 2.05) is 0 Å². The second kappa shape index (κ2) is 7.08. The fourth-order valence-corrected chi connectivity index (χ4v) is 2.63. The van der Waals surface area contributed by atoms with E-state index < -0.39 is 0 Å². The molecule has 0 radical (unpaired) electrons. The third-order valence-corrected chi connectivity index (χ3v) is 3.69. The van der Waals surface area contributed by atoms with Gasteiger partial charge < -0.3 is 10.1 Å². The molecule has 1 aromatic rings. The van der Waals surface area contributed by atoms with Crippen LogP contribution in [0.2, 0.25) is 0 Å². The lowest BCUT2D eigenvalue weighted by molar-refractivity contribution is -0.124. The first-order chi connectivity index (χ1) is 9.67. The molecule has 0 spiro atoms. The van der Waals surface area contributed by atoms with E-state index in [0.717, 1.165) is 19.1 Å². The first-order valence-corrected chi connectivity index (χ1v) is 7.15. The fraction of sp³-hybridized carbons (Fsp3) is 0.500. The van der Waals surface area contributed by atoms with E-state index in [2.05, 4.69) is 12.2 Å². The number of hydrogen-bond acceptors (Lipinski definition) is 3. The van der Waals surface area contributed by atoms with Crippen LogP contribution in [0.1, 0.15) is 43.0 Å². The number of hydrogen-bond donors (Lipinski definition) is 1. The molecule has 0 aliphatic heterocycles. The molecule has 0 heterocycles. The van der Waals surface area contributed by atoms with Crippen molar-refractivity contribution in [1.29, 1.82) is 0 Å². The summed E-state index contributed by atoms with van der Waals surface area (Å²) in [4.78, 5) is 22.3. The molecule has 1 saturated carbocycles. The van der Waals surface area contributed by atoms with Gasteiger partial charge in [0.15, 0.2) is 6.61 Å². The monoisotopic (exact) mass is 275 g/mol. The predicted molar refractivity (Wildman–Crippen MR) is 76.9 cm³/mol. The number of carbonyl (C=O) groups excluding carboxylic acids is 2. The maximum Gasteiger partial charge on any atom is 0.258 e. The highest BCUT2D eigenvalue weighted by Gasteiger charge is 2.20. The molecule has 20 heavy (non-hydrogen) atoms. The van der Waals surface area contributed by atoms with Crippen molar-refractivity contribution >= 4 is 12.2 Å². The van der Waals surface area contributed by atoms with E-state index in [1.54, 1.807) is 24.3 Å². The summed E-state index contributed by atoms with van der Waals surface area (Å²) in [6.07, 6.45) is 5.33. The molecule has 1 fully saturated rings. The average molecular weight is 275 g/mol. The Hall–Kier alpha value is -1.84. The Morgan fingerprint density at radius 2 is 2.10 bits per heavy atom. The lowest BCUT2D eigenvalue weighted by atomic mass is 9.87. The van der Waals surface area contributed by atoms with Gasteiger partial charge in [-0.25, -0.2) is 0 Å². The van der Waals surface area contributed by atoms with Gasteiger partial charge in [-0.1, -0.05) is 19.8 Å². The molecule has 4 heteroatoms. The van der Waals surface area contributed by atoms with Gasteiger partial charge in [-0.3, -0.25) is 9.59 Å². The highest BCUT2D eigenvalue weighted by Crippen LogP contribution is 2.23. The van der Waals surface area contributed by atoms with Crippen molar-refractivity contribution in [2.45, 2.75) is 38.6 Å². The first kappa shape index (κ1) is 14.6. The van der Waals surface area contributed by atoms with E-state index >= 15 is 0 Å². The molecule has 0 saturated heterocycles. The summed E-state index contributed by atoms with van der Waals surface area (Å²) in [5, 5.41) is 3.02. The minimum atomic E-state index is -0.0800. The molecule has 1 aromatic carbocycles. The van der Waals surface area contributed by atoms with Gasteiger partial charge in [-0.05, 0) is 43.0 Å². The Balaban J connectivity index is 1.75. The minimum absolute atomic E-state index is 0.0192. The van der Waals surface area contributed by atoms with E-state index in [9.17, 15) is 9.59 Å². The van der Waals surface area contributed by atoms with Crippen LogP contribution in [0.3, 0.4) is 0 Å².